The molecule has 0 amide bonds. The maximum Gasteiger partial charge on any atom is 0.261 e. The summed E-state index contributed by atoms with van der Waals surface area (Å²) in [4.78, 5) is 27.2. The fourth-order valence-corrected chi connectivity index (χ4v) is 3.44. The Labute approximate surface area is 122 Å². The van der Waals surface area contributed by atoms with Crippen molar-refractivity contribution in [2.45, 2.75) is 0 Å². The number of hydrogen-bond donors (Lipinski definition) is 1. The molecule has 1 aromatic carbocycles. The molecule has 1 N–H and O–H groups in total. The molecule has 4 rings (SSSR count). The van der Waals surface area contributed by atoms with E-state index in [1.54, 1.807) is 12.3 Å². The smallest absolute Gasteiger partial charge is 0.261 e. The average molecular weight is 294 g/mol. The van der Waals surface area contributed by atoms with Crippen molar-refractivity contribution in [2.75, 3.05) is 0 Å². The number of aromatic nitrogens is 2. The number of H-pyrrole nitrogens is 1. The van der Waals surface area contributed by atoms with Crippen molar-refractivity contribution in [1.29, 1.82) is 0 Å². The van der Waals surface area contributed by atoms with Crippen LogP contribution in [0.3, 0.4) is 0 Å². The van der Waals surface area contributed by atoms with E-state index in [1.807, 2.05) is 46.3 Å². The lowest BCUT2D eigenvalue weighted by Gasteiger charge is -2.12. The van der Waals surface area contributed by atoms with Gasteiger partial charge in [-0.1, -0.05) is 18.2 Å². The maximum absolute atomic E-state index is 12.5. The van der Waals surface area contributed by atoms with Crippen LogP contribution in [0, 0.1) is 0 Å². The van der Waals surface area contributed by atoms with Crippen LogP contribution >= 0.6 is 11.3 Å². The molecule has 0 bridgehead atoms. The highest BCUT2D eigenvalue weighted by atomic mass is 32.1. The molecule has 0 saturated carbocycles. The second-order valence-electron chi connectivity index (χ2n) is 4.70. The van der Waals surface area contributed by atoms with Gasteiger partial charge < -0.3 is 9.55 Å². The second-order valence-corrected chi connectivity index (χ2v) is 5.62. The van der Waals surface area contributed by atoms with Crippen LogP contribution in [0.4, 0.5) is 0 Å². The Hall–Kier alpha value is -2.66. The summed E-state index contributed by atoms with van der Waals surface area (Å²) in [7, 11) is 0. The Balaban J connectivity index is 2.35. The highest BCUT2D eigenvalue weighted by molar-refractivity contribution is 7.17. The van der Waals surface area contributed by atoms with Gasteiger partial charge in [0.2, 0.25) is 5.43 Å². The summed E-state index contributed by atoms with van der Waals surface area (Å²) in [5.74, 6) is 0. The summed E-state index contributed by atoms with van der Waals surface area (Å²) in [6.45, 7) is 0. The molecule has 102 valence electrons. The van der Waals surface area contributed by atoms with E-state index in [2.05, 4.69) is 4.98 Å². The standard InChI is InChI=1S/C16H10N2O2S/c19-14-13-11(6-8-17-16(13)20)18(10-4-2-1-3-5-10)12-7-9-21-15(12)14/h1-9H,(H,17,20). The first-order valence-corrected chi connectivity index (χ1v) is 7.34. The van der Waals surface area contributed by atoms with Gasteiger partial charge in [0.15, 0.2) is 0 Å². The lowest BCUT2D eigenvalue weighted by molar-refractivity contribution is 1.15. The normalized spacial score (nSPS) is 11.2. The summed E-state index contributed by atoms with van der Waals surface area (Å²) in [5, 5.41) is 2.08. The number of aromatic amines is 1. The van der Waals surface area contributed by atoms with E-state index in [1.165, 1.54) is 11.3 Å². The van der Waals surface area contributed by atoms with Gasteiger partial charge in [-0.05, 0) is 29.6 Å². The van der Waals surface area contributed by atoms with E-state index < -0.39 is 0 Å². The molecule has 5 heteroatoms. The SMILES string of the molecule is O=c1[nH]ccc2c1c(=O)c1sccc1n2-c1ccccc1. The van der Waals surface area contributed by atoms with E-state index in [9.17, 15) is 9.59 Å². The molecule has 0 radical (unpaired) electrons. The van der Waals surface area contributed by atoms with E-state index >= 15 is 0 Å². The molecule has 0 fully saturated rings. The predicted octanol–water partition coefficient (Wildman–Crippen LogP) is 2.89. The number of para-hydroxylation sites is 1. The Morgan fingerprint density at radius 1 is 0.952 bits per heavy atom. The topological polar surface area (TPSA) is 54.9 Å². The maximum atomic E-state index is 12.5. The number of benzene rings is 1. The van der Waals surface area contributed by atoms with Crippen LogP contribution in [0.25, 0.3) is 26.8 Å². The summed E-state index contributed by atoms with van der Waals surface area (Å²) in [6.07, 6.45) is 1.57. The van der Waals surface area contributed by atoms with Crippen molar-refractivity contribution >= 4 is 32.5 Å². The van der Waals surface area contributed by atoms with Crippen molar-refractivity contribution in [2.24, 2.45) is 0 Å². The molecule has 0 atom stereocenters. The van der Waals surface area contributed by atoms with Crippen LogP contribution in [0.15, 0.2) is 63.6 Å². The molecular weight excluding hydrogens is 284 g/mol. The fraction of sp³-hybridized carbons (Fsp3) is 0. The van der Waals surface area contributed by atoms with Gasteiger partial charge >= 0.3 is 0 Å². The number of nitrogens with one attached hydrogen (secondary N) is 1. The Kier molecular flexibility index (Phi) is 2.55. The number of hydrogen-bond acceptors (Lipinski definition) is 3. The Bertz CT molecular complexity index is 1070. The lowest BCUT2D eigenvalue weighted by atomic mass is 10.2. The van der Waals surface area contributed by atoms with Crippen molar-refractivity contribution in [3.63, 3.8) is 0 Å². The minimum atomic E-state index is -0.350. The van der Waals surface area contributed by atoms with E-state index in [0.29, 0.717) is 10.2 Å². The zero-order valence-electron chi connectivity index (χ0n) is 10.9. The van der Waals surface area contributed by atoms with Gasteiger partial charge in [-0.25, -0.2) is 0 Å². The highest BCUT2D eigenvalue weighted by Gasteiger charge is 2.15. The third-order valence-electron chi connectivity index (χ3n) is 3.51. The summed E-state index contributed by atoms with van der Waals surface area (Å²) in [6, 6.07) is 13.4. The molecule has 4 aromatic rings. The third-order valence-corrected chi connectivity index (χ3v) is 4.42. The van der Waals surface area contributed by atoms with Gasteiger partial charge in [0, 0.05) is 11.9 Å². The zero-order valence-corrected chi connectivity index (χ0v) is 11.7. The van der Waals surface area contributed by atoms with Crippen LogP contribution in [0.1, 0.15) is 0 Å². The minimum Gasteiger partial charge on any atom is -0.328 e. The van der Waals surface area contributed by atoms with Crippen LogP contribution in [0.2, 0.25) is 0 Å². The van der Waals surface area contributed by atoms with Crippen molar-refractivity contribution in [3.05, 3.63) is 74.6 Å². The first kappa shape index (κ1) is 12.1. The van der Waals surface area contributed by atoms with Gasteiger partial charge in [-0.3, -0.25) is 9.59 Å². The van der Waals surface area contributed by atoms with Gasteiger partial charge in [-0.15, -0.1) is 11.3 Å². The number of fused-ring (bicyclic) bond motifs is 2. The summed E-state index contributed by atoms with van der Waals surface area (Å²) >= 11 is 1.36. The molecule has 3 heterocycles. The minimum absolute atomic E-state index is 0.205. The average Bonchev–Trinajstić information content (AvgIpc) is 2.98. The quantitative estimate of drug-likeness (QED) is 0.587. The van der Waals surface area contributed by atoms with Crippen LogP contribution < -0.4 is 11.0 Å². The second kappa shape index (κ2) is 4.43. The fourth-order valence-electron chi connectivity index (χ4n) is 2.62. The first-order valence-electron chi connectivity index (χ1n) is 6.46. The summed E-state index contributed by atoms with van der Waals surface area (Å²) < 4.78 is 2.56. The molecular formula is C16H10N2O2S. The van der Waals surface area contributed by atoms with Crippen molar-refractivity contribution < 1.29 is 0 Å². The monoisotopic (exact) mass is 294 g/mol. The predicted molar refractivity (Wildman–Crippen MR) is 85.5 cm³/mol. The largest absolute Gasteiger partial charge is 0.328 e. The molecule has 0 aliphatic heterocycles. The molecule has 0 aliphatic carbocycles. The third kappa shape index (κ3) is 1.68. The number of nitrogens with zero attached hydrogens (tertiary/aromatic N) is 1. The van der Waals surface area contributed by atoms with Crippen molar-refractivity contribution in [1.82, 2.24) is 9.55 Å². The number of rotatable bonds is 1. The van der Waals surface area contributed by atoms with Gasteiger partial charge in [0.1, 0.15) is 5.39 Å². The van der Waals surface area contributed by atoms with Crippen LogP contribution in [-0.2, 0) is 0 Å². The molecule has 0 aliphatic rings. The molecule has 0 saturated heterocycles. The molecule has 0 spiro atoms. The number of thiophene rings is 1. The molecule has 3 aromatic heterocycles. The number of pyridine rings is 2. The van der Waals surface area contributed by atoms with Gasteiger partial charge in [0.25, 0.3) is 5.56 Å². The first-order chi connectivity index (χ1) is 10.3. The lowest BCUT2D eigenvalue weighted by Crippen LogP contribution is -2.18. The molecule has 0 unspecified atom stereocenters. The van der Waals surface area contributed by atoms with Gasteiger partial charge in [-0.2, -0.15) is 0 Å². The van der Waals surface area contributed by atoms with Crippen LogP contribution in [0.5, 0.6) is 0 Å². The van der Waals surface area contributed by atoms with E-state index in [-0.39, 0.29) is 16.4 Å². The zero-order chi connectivity index (χ0) is 14.4. The van der Waals surface area contributed by atoms with Gasteiger partial charge in [0.05, 0.1) is 15.7 Å². The molecule has 4 nitrogen and oxygen atoms in total. The molecule has 21 heavy (non-hydrogen) atoms. The van der Waals surface area contributed by atoms with Crippen molar-refractivity contribution in [3.8, 4) is 5.69 Å². The Morgan fingerprint density at radius 3 is 2.57 bits per heavy atom. The summed E-state index contributed by atoms with van der Waals surface area (Å²) in [5.41, 5.74) is 1.83. The highest BCUT2D eigenvalue weighted by Crippen LogP contribution is 2.25. The van der Waals surface area contributed by atoms with E-state index in [0.717, 1.165) is 11.2 Å². The van der Waals surface area contributed by atoms with Crippen LogP contribution in [-0.4, -0.2) is 9.55 Å². The van der Waals surface area contributed by atoms with E-state index in [4.69, 9.17) is 0 Å². The Morgan fingerprint density at radius 2 is 1.76 bits per heavy atom.